The van der Waals surface area contributed by atoms with E-state index in [0.29, 0.717) is 27.7 Å². The molecule has 1 atom stereocenters. The molecule has 0 saturated carbocycles. The first-order chi connectivity index (χ1) is 13.8. The molecular formula is C22H22ClN3O3. The van der Waals surface area contributed by atoms with Crippen molar-refractivity contribution in [2.45, 2.75) is 33.8 Å². The molecule has 0 aliphatic heterocycles. The lowest BCUT2D eigenvalue weighted by atomic mass is 10.2. The number of carbonyl (C=O) groups excluding carboxylic acids is 2. The maximum atomic E-state index is 12.7. The number of rotatable bonds is 5. The first kappa shape index (κ1) is 20.6. The number of esters is 1. The lowest BCUT2D eigenvalue weighted by molar-refractivity contribution is -0.123. The minimum atomic E-state index is -0.986. The Labute approximate surface area is 174 Å². The summed E-state index contributed by atoms with van der Waals surface area (Å²) in [5.41, 5.74) is 3.71. The molecule has 1 amide bonds. The van der Waals surface area contributed by atoms with Gasteiger partial charge in [-0.3, -0.25) is 4.79 Å². The van der Waals surface area contributed by atoms with Crippen LogP contribution in [-0.4, -0.2) is 27.8 Å². The summed E-state index contributed by atoms with van der Waals surface area (Å²) >= 11 is 6.08. The molecule has 6 nitrogen and oxygen atoms in total. The number of halogens is 1. The molecule has 0 bridgehead atoms. The zero-order valence-corrected chi connectivity index (χ0v) is 17.4. The van der Waals surface area contributed by atoms with Crippen LogP contribution in [0, 0.1) is 20.8 Å². The number of ether oxygens (including phenoxy) is 1. The van der Waals surface area contributed by atoms with Crippen molar-refractivity contribution in [3.63, 3.8) is 0 Å². The average Bonchev–Trinajstić information content (AvgIpc) is 3.00. The predicted molar refractivity (Wildman–Crippen MR) is 113 cm³/mol. The van der Waals surface area contributed by atoms with Crippen molar-refractivity contribution in [2.75, 3.05) is 5.32 Å². The summed E-state index contributed by atoms with van der Waals surface area (Å²) in [6.07, 6.45) is -0.986. The van der Waals surface area contributed by atoms with Gasteiger partial charge in [0.1, 0.15) is 5.56 Å². The number of carbonyl (C=O) groups is 2. The maximum absolute atomic E-state index is 12.7. The smallest absolute Gasteiger partial charge is 0.342 e. The lowest BCUT2D eigenvalue weighted by Gasteiger charge is -2.15. The lowest BCUT2D eigenvalue weighted by Crippen LogP contribution is -2.30. The van der Waals surface area contributed by atoms with Gasteiger partial charge in [-0.25, -0.2) is 9.48 Å². The fourth-order valence-electron chi connectivity index (χ4n) is 3.01. The van der Waals surface area contributed by atoms with Crippen molar-refractivity contribution in [2.24, 2.45) is 0 Å². The predicted octanol–water partition coefficient (Wildman–Crippen LogP) is 4.63. The van der Waals surface area contributed by atoms with Crippen molar-refractivity contribution in [3.8, 4) is 5.69 Å². The second-order valence-corrected chi connectivity index (χ2v) is 7.15. The van der Waals surface area contributed by atoms with Gasteiger partial charge in [-0.2, -0.15) is 5.10 Å². The molecule has 1 heterocycles. The number of hydrogen-bond acceptors (Lipinski definition) is 4. The van der Waals surface area contributed by atoms with E-state index in [9.17, 15) is 9.59 Å². The van der Waals surface area contributed by atoms with E-state index in [2.05, 4.69) is 10.4 Å². The molecule has 3 aromatic rings. The Balaban J connectivity index is 1.75. The normalized spacial score (nSPS) is 11.8. The fraction of sp³-hybridized carbons (Fsp3) is 0.227. The van der Waals surface area contributed by atoms with Crippen molar-refractivity contribution in [1.82, 2.24) is 9.78 Å². The number of para-hydroxylation sites is 1. The third kappa shape index (κ3) is 4.32. The summed E-state index contributed by atoms with van der Waals surface area (Å²) in [7, 11) is 0. The van der Waals surface area contributed by atoms with Crippen LogP contribution in [0.2, 0.25) is 5.02 Å². The summed E-state index contributed by atoms with van der Waals surface area (Å²) in [6.45, 7) is 6.87. The minimum Gasteiger partial charge on any atom is -0.449 e. The molecule has 0 spiro atoms. The van der Waals surface area contributed by atoms with Crippen LogP contribution in [0.1, 0.15) is 34.2 Å². The number of anilines is 1. The fourth-order valence-corrected chi connectivity index (χ4v) is 3.18. The van der Waals surface area contributed by atoms with Gasteiger partial charge >= 0.3 is 5.97 Å². The van der Waals surface area contributed by atoms with E-state index < -0.39 is 18.0 Å². The zero-order chi connectivity index (χ0) is 21.1. The molecule has 0 saturated heterocycles. The summed E-state index contributed by atoms with van der Waals surface area (Å²) < 4.78 is 7.10. The van der Waals surface area contributed by atoms with Crippen LogP contribution >= 0.6 is 11.6 Å². The maximum Gasteiger partial charge on any atom is 0.342 e. The molecule has 3 rings (SSSR count). The molecular weight excluding hydrogens is 390 g/mol. The number of nitrogens with one attached hydrogen (secondary N) is 1. The number of aromatic nitrogens is 2. The summed E-state index contributed by atoms with van der Waals surface area (Å²) in [4.78, 5) is 25.2. The van der Waals surface area contributed by atoms with E-state index in [1.807, 2.05) is 30.3 Å². The third-order valence-electron chi connectivity index (χ3n) is 4.67. The van der Waals surface area contributed by atoms with Crippen molar-refractivity contribution >= 4 is 29.2 Å². The van der Waals surface area contributed by atoms with Crippen LogP contribution in [0.25, 0.3) is 5.69 Å². The van der Waals surface area contributed by atoms with Crippen molar-refractivity contribution in [1.29, 1.82) is 0 Å². The molecule has 7 heteroatoms. The van der Waals surface area contributed by atoms with Gasteiger partial charge in [-0.15, -0.1) is 0 Å². The molecule has 0 fully saturated rings. The SMILES string of the molecule is Cc1nn(-c2ccccc2)c(C)c1C(=O)O[C@@H](C)C(=O)Nc1cccc(Cl)c1C. The zero-order valence-electron chi connectivity index (χ0n) is 16.7. The Kier molecular flexibility index (Phi) is 6.03. The standard InChI is InChI=1S/C22H22ClN3O3/c1-13-18(23)11-8-12-19(13)24-21(27)16(4)29-22(28)20-14(2)25-26(15(20)3)17-9-6-5-7-10-17/h5-12,16H,1-4H3,(H,24,27)/t16-/m0/s1. The highest BCUT2D eigenvalue weighted by Crippen LogP contribution is 2.23. The van der Waals surface area contributed by atoms with Crippen LogP contribution in [0.3, 0.4) is 0 Å². The molecule has 29 heavy (non-hydrogen) atoms. The Morgan fingerprint density at radius 2 is 1.76 bits per heavy atom. The van der Waals surface area contributed by atoms with Crippen LogP contribution in [0.4, 0.5) is 5.69 Å². The highest BCUT2D eigenvalue weighted by atomic mass is 35.5. The van der Waals surface area contributed by atoms with Gasteiger partial charge in [0, 0.05) is 10.7 Å². The number of hydrogen-bond donors (Lipinski definition) is 1. The van der Waals surface area contributed by atoms with E-state index in [1.165, 1.54) is 6.92 Å². The summed E-state index contributed by atoms with van der Waals surface area (Å²) in [5, 5.41) is 7.74. The van der Waals surface area contributed by atoms with Crippen LogP contribution in [-0.2, 0) is 9.53 Å². The van der Waals surface area contributed by atoms with Crippen LogP contribution in [0.5, 0.6) is 0 Å². The van der Waals surface area contributed by atoms with Crippen LogP contribution < -0.4 is 5.32 Å². The summed E-state index contributed by atoms with van der Waals surface area (Å²) in [5.74, 6) is -1.03. The molecule has 0 radical (unpaired) electrons. The molecule has 1 N–H and O–H groups in total. The van der Waals surface area contributed by atoms with Gasteiger partial charge in [-0.1, -0.05) is 35.9 Å². The second kappa shape index (κ2) is 8.49. The number of benzene rings is 2. The van der Waals surface area contributed by atoms with Gasteiger partial charge in [0.25, 0.3) is 5.91 Å². The van der Waals surface area contributed by atoms with Crippen LogP contribution in [0.15, 0.2) is 48.5 Å². The van der Waals surface area contributed by atoms with Gasteiger partial charge in [0.2, 0.25) is 0 Å². The van der Waals surface area contributed by atoms with Crippen molar-refractivity contribution in [3.05, 3.63) is 76.1 Å². The number of nitrogens with zero attached hydrogens (tertiary/aromatic N) is 2. The molecule has 2 aromatic carbocycles. The van der Waals surface area contributed by atoms with Crippen molar-refractivity contribution < 1.29 is 14.3 Å². The quantitative estimate of drug-likeness (QED) is 0.621. The topological polar surface area (TPSA) is 73.2 Å². The highest BCUT2D eigenvalue weighted by molar-refractivity contribution is 6.31. The Hall–Kier alpha value is -3.12. The van der Waals surface area contributed by atoms with E-state index >= 15 is 0 Å². The van der Waals surface area contributed by atoms with Gasteiger partial charge in [0.15, 0.2) is 6.10 Å². The first-order valence-electron chi connectivity index (χ1n) is 9.18. The Morgan fingerprint density at radius 3 is 2.45 bits per heavy atom. The first-order valence-corrected chi connectivity index (χ1v) is 9.56. The van der Waals surface area contributed by atoms with E-state index in [4.69, 9.17) is 16.3 Å². The molecule has 0 unspecified atom stereocenters. The Morgan fingerprint density at radius 1 is 1.07 bits per heavy atom. The molecule has 1 aromatic heterocycles. The average molecular weight is 412 g/mol. The summed E-state index contributed by atoms with van der Waals surface area (Å²) in [6, 6.07) is 14.7. The molecule has 0 aliphatic rings. The van der Waals surface area contributed by atoms with Gasteiger partial charge in [-0.05, 0) is 57.5 Å². The number of aryl methyl sites for hydroxylation is 1. The second-order valence-electron chi connectivity index (χ2n) is 6.74. The van der Waals surface area contributed by atoms with E-state index in [-0.39, 0.29) is 0 Å². The minimum absolute atomic E-state index is 0.354. The largest absolute Gasteiger partial charge is 0.449 e. The monoisotopic (exact) mass is 411 g/mol. The van der Waals surface area contributed by atoms with E-state index in [0.717, 1.165) is 11.3 Å². The molecule has 0 aliphatic carbocycles. The molecule has 150 valence electrons. The third-order valence-corrected chi connectivity index (χ3v) is 5.08. The van der Waals surface area contributed by atoms with E-state index in [1.54, 1.807) is 43.7 Å². The Bertz CT molecular complexity index is 1060. The highest BCUT2D eigenvalue weighted by Gasteiger charge is 2.25. The van der Waals surface area contributed by atoms with Gasteiger partial charge < -0.3 is 10.1 Å². The van der Waals surface area contributed by atoms with Gasteiger partial charge in [0.05, 0.1) is 17.1 Å². The number of amides is 1.